The van der Waals surface area contributed by atoms with Crippen molar-refractivity contribution < 1.29 is 31.8 Å². The lowest BCUT2D eigenvalue weighted by Gasteiger charge is -2.17. The maximum absolute atomic E-state index is 12.6. The maximum Gasteiger partial charge on any atom is 0.461 e. The Morgan fingerprint density at radius 3 is 2.30 bits per heavy atom. The smallest absolute Gasteiger partial charge is 0.461 e. The van der Waals surface area contributed by atoms with Gasteiger partial charge in [0.05, 0.1) is 7.11 Å². The van der Waals surface area contributed by atoms with E-state index in [-0.39, 0.29) is 6.42 Å². The molecule has 0 radical (unpaired) electrons. The normalized spacial score (nSPS) is 13.2. The van der Waals surface area contributed by atoms with Crippen LogP contribution in [0.25, 0.3) is 0 Å². The van der Waals surface area contributed by atoms with E-state index >= 15 is 0 Å². The van der Waals surface area contributed by atoms with Gasteiger partial charge in [0.2, 0.25) is 0 Å². The molecule has 0 amide bonds. The molecule has 4 nitrogen and oxygen atoms in total. The number of hydrogen-bond donors (Lipinski definition) is 1. The van der Waals surface area contributed by atoms with E-state index in [4.69, 9.17) is 5.73 Å². The van der Waals surface area contributed by atoms with Crippen LogP contribution in [0.5, 0.6) is 5.75 Å². The number of methoxy groups -OCH3 is 1. The lowest BCUT2D eigenvalue weighted by molar-refractivity contribution is -0.253. The first-order chi connectivity index (χ1) is 9.26. The highest BCUT2D eigenvalue weighted by atomic mass is 19.3. The molecule has 0 aliphatic heterocycles. The zero-order valence-electron chi connectivity index (χ0n) is 10.5. The van der Waals surface area contributed by atoms with Gasteiger partial charge in [0, 0.05) is 0 Å². The molecule has 112 valence electrons. The van der Waals surface area contributed by atoms with E-state index in [0.29, 0.717) is 5.56 Å². The Kier molecular flexibility index (Phi) is 5.32. The van der Waals surface area contributed by atoms with Gasteiger partial charge in [0.1, 0.15) is 11.8 Å². The molecule has 0 aromatic heterocycles. The van der Waals surface area contributed by atoms with Gasteiger partial charge in [-0.2, -0.15) is 17.6 Å². The van der Waals surface area contributed by atoms with Gasteiger partial charge in [-0.1, -0.05) is 12.1 Å². The number of halogens is 4. The molecule has 0 saturated carbocycles. The lowest BCUT2D eigenvalue weighted by atomic mass is 10.1. The quantitative estimate of drug-likeness (QED) is 0.644. The minimum Gasteiger partial charge on any atom is -0.468 e. The van der Waals surface area contributed by atoms with Gasteiger partial charge in [-0.15, -0.1) is 0 Å². The van der Waals surface area contributed by atoms with Gasteiger partial charge in [-0.3, -0.25) is 4.79 Å². The van der Waals surface area contributed by atoms with Crippen molar-refractivity contribution in [1.29, 1.82) is 0 Å². The van der Waals surface area contributed by atoms with Crippen molar-refractivity contribution in [1.82, 2.24) is 0 Å². The number of nitrogens with two attached hydrogens (primary N) is 1. The number of ether oxygens (including phenoxy) is 2. The van der Waals surface area contributed by atoms with E-state index in [1.54, 1.807) is 0 Å². The van der Waals surface area contributed by atoms with E-state index in [0.717, 1.165) is 12.1 Å². The van der Waals surface area contributed by atoms with E-state index in [1.807, 2.05) is 0 Å². The van der Waals surface area contributed by atoms with Crippen LogP contribution in [0.1, 0.15) is 5.56 Å². The summed E-state index contributed by atoms with van der Waals surface area (Å²) in [4.78, 5) is 11.1. The monoisotopic (exact) mass is 295 g/mol. The molecule has 1 atom stereocenters. The summed E-state index contributed by atoms with van der Waals surface area (Å²) in [6.45, 7) is 0. The number of hydrogen-bond acceptors (Lipinski definition) is 4. The highest BCUT2D eigenvalue weighted by molar-refractivity contribution is 5.75. The molecule has 2 N–H and O–H groups in total. The number of esters is 1. The predicted octanol–water partition coefficient (Wildman–Crippen LogP) is 1.97. The molecule has 1 aromatic rings. The molecule has 0 heterocycles. The molecule has 20 heavy (non-hydrogen) atoms. The average molecular weight is 295 g/mol. The second-order valence-electron chi connectivity index (χ2n) is 3.94. The summed E-state index contributed by atoms with van der Waals surface area (Å²) in [5, 5.41) is 0. The third-order valence-corrected chi connectivity index (χ3v) is 2.39. The van der Waals surface area contributed by atoms with Crippen LogP contribution >= 0.6 is 0 Å². The van der Waals surface area contributed by atoms with Crippen LogP contribution in [-0.2, 0) is 16.0 Å². The highest BCUT2D eigenvalue weighted by Gasteiger charge is 2.43. The van der Waals surface area contributed by atoms with Crippen molar-refractivity contribution in [3.8, 4) is 5.75 Å². The Hall–Kier alpha value is -1.83. The zero-order chi connectivity index (χ0) is 15.3. The molecule has 8 heteroatoms. The molecule has 0 spiro atoms. The Morgan fingerprint density at radius 1 is 1.30 bits per heavy atom. The SMILES string of the molecule is COC(=O)[C@@H](N)Cc1ccc(OC(F)(F)C(F)F)cc1. The first-order valence-electron chi connectivity index (χ1n) is 5.53. The number of alkyl halides is 4. The Bertz CT molecular complexity index is 451. The first-order valence-corrected chi connectivity index (χ1v) is 5.53. The molecule has 0 aliphatic carbocycles. The minimum absolute atomic E-state index is 0.123. The lowest BCUT2D eigenvalue weighted by Crippen LogP contribution is -2.34. The van der Waals surface area contributed by atoms with Crippen LogP contribution in [0.3, 0.4) is 0 Å². The van der Waals surface area contributed by atoms with E-state index in [9.17, 15) is 22.4 Å². The van der Waals surface area contributed by atoms with Crippen LogP contribution < -0.4 is 10.5 Å². The molecular formula is C12H13F4NO3. The molecule has 0 bridgehead atoms. The third kappa shape index (κ3) is 4.37. The van der Waals surface area contributed by atoms with Crippen molar-refractivity contribution >= 4 is 5.97 Å². The Labute approximate surface area is 112 Å². The largest absolute Gasteiger partial charge is 0.468 e. The van der Waals surface area contributed by atoms with Crippen molar-refractivity contribution in [2.24, 2.45) is 5.73 Å². The van der Waals surface area contributed by atoms with E-state index in [2.05, 4.69) is 9.47 Å². The fraction of sp³-hybridized carbons (Fsp3) is 0.417. The van der Waals surface area contributed by atoms with E-state index in [1.165, 1.54) is 19.2 Å². The topological polar surface area (TPSA) is 61.5 Å². The summed E-state index contributed by atoms with van der Waals surface area (Å²) >= 11 is 0. The molecule has 1 aromatic carbocycles. The molecular weight excluding hydrogens is 282 g/mol. The summed E-state index contributed by atoms with van der Waals surface area (Å²) in [5.74, 6) is -1.03. The minimum atomic E-state index is -4.55. The standard InChI is InChI=1S/C12H13F4NO3/c1-19-10(18)9(17)6-7-2-4-8(5-3-7)20-12(15,16)11(13)14/h2-5,9,11H,6,17H2,1H3/t9-/m0/s1. The van der Waals surface area contributed by atoms with Gasteiger partial charge in [-0.05, 0) is 24.1 Å². The third-order valence-electron chi connectivity index (χ3n) is 2.39. The summed E-state index contributed by atoms with van der Waals surface area (Å²) in [5.41, 5.74) is 6.07. The fourth-order valence-electron chi connectivity index (χ4n) is 1.38. The van der Waals surface area contributed by atoms with Gasteiger partial charge in [0.25, 0.3) is 0 Å². The van der Waals surface area contributed by atoms with Crippen molar-refractivity contribution in [2.75, 3.05) is 7.11 Å². The fourth-order valence-corrected chi connectivity index (χ4v) is 1.38. The molecule has 0 saturated heterocycles. The van der Waals surface area contributed by atoms with Crippen molar-refractivity contribution in [3.05, 3.63) is 29.8 Å². The summed E-state index contributed by atoms with van der Waals surface area (Å²) < 4.78 is 57.5. The average Bonchev–Trinajstić information content (AvgIpc) is 2.39. The Balaban J connectivity index is 2.67. The van der Waals surface area contributed by atoms with Crippen LogP contribution in [-0.4, -0.2) is 31.7 Å². The molecule has 1 rings (SSSR count). The summed E-state index contributed by atoms with van der Waals surface area (Å²) in [6, 6.07) is 3.99. The highest BCUT2D eigenvalue weighted by Crippen LogP contribution is 2.27. The van der Waals surface area contributed by atoms with Crippen molar-refractivity contribution in [3.63, 3.8) is 0 Å². The number of rotatable bonds is 6. The zero-order valence-corrected chi connectivity index (χ0v) is 10.5. The first kappa shape index (κ1) is 16.2. The maximum atomic E-state index is 12.6. The van der Waals surface area contributed by atoms with Crippen LogP contribution in [0.2, 0.25) is 0 Å². The number of carbonyl (C=O) groups is 1. The number of carbonyl (C=O) groups excluding carboxylic acids is 1. The molecule has 0 aliphatic rings. The predicted molar refractivity (Wildman–Crippen MR) is 61.7 cm³/mol. The van der Waals surface area contributed by atoms with Crippen LogP contribution in [0.4, 0.5) is 17.6 Å². The molecule has 0 fully saturated rings. The second kappa shape index (κ2) is 6.56. The van der Waals surface area contributed by atoms with Crippen LogP contribution in [0.15, 0.2) is 24.3 Å². The van der Waals surface area contributed by atoms with Gasteiger partial charge in [0.15, 0.2) is 0 Å². The number of benzene rings is 1. The van der Waals surface area contributed by atoms with Gasteiger partial charge in [-0.25, -0.2) is 0 Å². The second-order valence-corrected chi connectivity index (χ2v) is 3.94. The van der Waals surface area contributed by atoms with Crippen molar-refractivity contribution in [2.45, 2.75) is 25.0 Å². The summed E-state index contributed by atoms with van der Waals surface area (Å²) in [7, 11) is 1.19. The van der Waals surface area contributed by atoms with Gasteiger partial charge >= 0.3 is 18.5 Å². The Morgan fingerprint density at radius 2 is 1.85 bits per heavy atom. The summed E-state index contributed by atoms with van der Waals surface area (Å²) in [6.07, 6.45) is -8.35. The van der Waals surface area contributed by atoms with Gasteiger partial charge < -0.3 is 15.2 Å². The van der Waals surface area contributed by atoms with E-state index < -0.39 is 30.3 Å². The molecule has 0 unspecified atom stereocenters. The van der Waals surface area contributed by atoms with Crippen LogP contribution in [0, 0.1) is 0 Å².